The van der Waals surface area contributed by atoms with E-state index in [1.165, 1.54) is 6.92 Å². The number of nitrogens with zero attached hydrogens (tertiary/aromatic N) is 5. The minimum Gasteiger partial charge on any atom is -0.462 e. The van der Waals surface area contributed by atoms with Gasteiger partial charge in [-0.05, 0) is 56.7 Å². The highest BCUT2D eigenvalue weighted by molar-refractivity contribution is 5.56. The highest BCUT2D eigenvalue weighted by Crippen LogP contribution is 2.47. The zero-order valence-corrected chi connectivity index (χ0v) is 23.9. The first-order valence-electron chi connectivity index (χ1n) is 14.2. The molecule has 3 heterocycles. The standard InChI is InChI=1S/C29H36F5N7O/c1-15-8-21-23(11-20(15)24-25(29(32,33)34)16(2)9-22(36)26(24)31)38-28(42-14-19-10-17(30)12-40(19)3)39-27(21)41-7-6-37-18(13-41)4-5-35/h9,15,17-20,37H,4,6-8,10-14,36H2,1-3H3/t15?,17-,18?,19?,20?/m1/s1. The van der Waals surface area contributed by atoms with Crippen LogP contribution in [0, 0.1) is 30.0 Å². The predicted molar refractivity (Wildman–Crippen MR) is 148 cm³/mol. The Bertz CT molecular complexity index is 1360. The quantitative estimate of drug-likeness (QED) is 0.381. The van der Waals surface area contributed by atoms with Gasteiger partial charge in [0.05, 0.1) is 29.4 Å². The first-order valence-corrected chi connectivity index (χ1v) is 14.2. The van der Waals surface area contributed by atoms with Crippen LogP contribution < -0.4 is 20.7 Å². The number of rotatable bonds is 6. The number of halogens is 5. The fourth-order valence-corrected chi connectivity index (χ4v) is 6.67. The van der Waals surface area contributed by atoms with Crippen LogP contribution in [-0.4, -0.2) is 73.0 Å². The number of likely N-dealkylation sites (N-methyl/N-ethyl adjacent to an activating group) is 1. The van der Waals surface area contributed by atoms with Crippen molar-refractivity contribution in [1.82, 2.24) is 20.2 Å². The third-order valence-corrected chi connectivity index (χ3v) is 8.79. The van der Waals surface area contributed by atoms with E-state index in [0.29, 0.717) is 57.0 Å². The van der Waals surface area contributed by atoms with E-state index in [-0.39, 0.29) is 48.3 Å². The van der Waals surface area contributed by atoms with Gasteiger partial charge in [0, 0.05) is 49.4 Å². The fraction of sp³-hybridized carbons (Fsp3) is 0.621. The second-order valence-corrected chi connectivity index (χ2v) is 11.8. The molecular formula is C29H36F5N7O. The van der Waals surface area contributed by atoms with Crippen LogP contribution >= 0.6 is 0 Å². The SMILES string of the molecule is Cc1cc(N)c(F)c(C2Cc3nc(OCC4C[C@@H](F)CN4C)nc(N4CCNC(CC#N)C4)c3CC2C)c1C(F)(F)F. The molecular weight excluding hydrogens is 557 g/mol. The summed E-state index contributed by atoms with van der Waals surface area (Å²) in [5.41, 5.74) is 5.22. The first-order chi connectivity index (χ1) is 19.9. The average Bonchev–Trinajstić information content (AvgIpc) is 3.25. The average molecular weight is 594 g/mol. The van der Waals surface area contributed by atoms with Crippen LogP contribution in [0.5, 0.6) is 6.01 Å². The van der Waals surface area contributed by atoms with Gasteiger partial charge >= 0.3 is 12.2 Å². The van der Waals surface area contributed by atoms with E-state index in [2.05, 4.69) is 16.4 Å². The Labute approximate surface area is 242 Å². The van der Waals surface area contributed by atoms with E-state index in [1.54, 1.807) is 6.92 Å². The Kier molecular flexibility index (Phi) is 8.49. The van der Waals surface area contributed by atoms with Crippen molar-refractivity contribution in [2.45, 2.75) is 69.9 Å². The van der Waals surface area contributed by atoms with Crippen LogP contribution in [0.1, 0.15) is 53.6 Å². The summed E-state index contributed by atoms with van der Waals surface area (Å²) in [7, 11) is 1.81. The van der Waals surface area contributed by atoms with Crippen LogP contribution in [0.3, 0.4) is 0 Å². The molecule has 42 heavy (non-hydrogen) atoms. The predicted octanol–water partition coefficient (Wildman–Crippen LogP) is 4.16. The van der Waals surface area contributed by atoms with Gasteiger partial charge in [-0.15, -0.1) is 0 Å². The van der Waals surface area contributed by atoms with Crippen molar-refractivity contribution in [1.29, 1.82) is 5.26 Å². The van der Waals surface area contributed by atoms with Crippen LogP contribution in [0.2, 0.25) is 0 Å². The minimum atomic E-state index is -4.77. The highest BCUT2D eigenvalue weighted by Gasteiger charge is 2.43. The lowest BCUT2D eigenvalue weighted by molar-refractivity contribution is -0.139. The Morgan fingerprint density at radius 3 is 2.67 bits per heavy atom. The van der Waals surface area contributed by atoms with Gasteiger partial charge in [0.1, 0.15) is 24.4 Å². The molecule has 2 saturated heterocycles. The lowest BCUT2D eigenvalue weighted by atomic mass is 9.73. The molecule has 1 aromatic carbocycles. The maximum absolute atomic E-state index is 15.5. The molecule has 1 aliphatic carbocycles. The zero-order chi connectivity index (χ0) is 30.3. The van der Waals surface area contributed by atoms with E-state index >= 15 is 4.39 Å². The molecule has 0 amide bonds. The van der Waals surface area contributed by atoms with Crippen molar-refractivity contribution >= 4 is 11.5 Å². The number of piperazine rings is 1. The number of ether oxygens (including phenoxy) is 1. The molecule has 4 unspecified atom stereocenters. The molecule has 0 bridgehead atoms. The number of fused-ring (bicyclic) bond motifs is 1. The number of hydrogen-bond acceptors (Lipinski definition) is 8. The molecule has 13 heteroatoms. The number of aromatic nitrogens is 2. The van der Waals surface area contributed by atoms with E-state index in [1.807, 2.05) is 16.8 Å². The van der Waals surface area contributed by atoms with Crippen molar-refractivity contribution < 1.29 is 26.7 Å². The Morgan fingerprint density at radius 2 is 2.00 bits per heavy atom. The van der Waals surface area contributed by atoms with Gasteiger partial charge in [-0.3, -0.25) is 4.90 Å². The number of benzene rings is 1. The molecule has 2 aliphatic heterocycles. The zero-order valence-electron chi connectivity index (χ0n) is 23.9. The third kappa shape index (κ3) is 5.97. The van der Waals surface area contributed by atoms with Crippen LogP contribution in [0.4, 0.5) is 33.5 Å². The monoisotopic (exact) mass is 593 g/mol. The number of hydrogen-bond donors (Lipinski definition) is 2. The number of nitrogens with two attached hydrogens (primary N) is 1. The Morgan fingerprint density at radius 1 is 1.24 bits per heavy atom. The van der Waals surface area contributed by atoms with E-state index < -0.39 is 35.2 Å². The molecule has 8 nitrogen and oxygen atoms in total. The van der Waals surface area contributed by atoms with E-state index in [9.17, 15) is 22.8 Å². The number of likely N-dealkylation sites (tertiary alicyclic amines) is 1. The molecule has 2 aromatic rings. The molecule has 3 aliphatic rings. The number of alkyl halides is 4. The number of nitrogen functional groups attached to an aromatic ring is 1. The van der Waals surface area contributed by atoms with Gasteiger partial charge in [0.2, 0.25) is 0 Å². The lowest BCUT2D eigenvalue weighted by Gasteiger charge is -2.38. The summed E-state index contributed by atoms with van der Waals surface area (Å²) in [5, 5.41) is 12.6. The van der Waals surface area contributed by atoms with Crippen molar-refractivity contribution in [3.05, 3.63) is 39.8 Å². The summed E-state index contributed by atoms with van der Waals surface area (Å²) in [5.74, 6) is -1.66. The maximum Gasteiger partial charge on any atom is 0.417 e. The second kappa shape index (κ2) is 11.8. The van der Waals surface area contributed by atoms with Gasteiger partial charge in [0.15, 0.2) is 0 Å². The molecule has 0 radical (unpaired) electrons. The van der Waals surface area contributed by atoms with E-state index in [4.69, 9.17) is 15.5 Å². The van der Waals surface area contributed by atoms with E-state index in [0.717, 1.165) is 11.6 Å². The topological polar surface area (TPSA) is 103 Å². The molecule has 3 N–H and O–H groups in total. The Hall–Kier alpha value is -3.24. The van der Waals surface area contributed by atoms with Gasteiger partial charge in [0.25, 0.3) is 0 Å². The van der Waals surface area contributed by atoms with Crippen molar-refractivity contribution in [2.24, 2.45) is 5.92 Å². The third-order valence-electron chi connectivity index (χ3n) is 8.79. The van der Waals surface area contributed by atoms with Crippen LogP contribution in [-0.2, 0) is 19.0 Å². The first kappa shape index (κ1) is 30.2. The van der Waals surface area contributed by atoms with Crippen LogP contribution in [0.15, 0.2) is 6.07 Å². The lowest BCUT2D eigenvalue weighted by Crippen LogP contribution is -2.51. The summed E-state index contributed by atoms with van der Waals surface area (Å²) < 4.78 is 78.2. The molecule has 1 aromatic heterocycles. The molecule has 2 fully saturated rings. The summed E-state index contributed by atoms with van der Waals surface area (Å²) in [6, 6.07) is 3.00. The summed E-state index contributed by atoms with van der Waals surface area (Å²) >= 11 is 0. The van der Waals surface area contributed by atoms with Crippen LogP contribution in [0.25, 0.3) is 0 Å². The second-order valence-electron chi connectivity index (χ2n) is 11.8. The molecule has 228 valence electrons. The van der Waals surface area contributed by atoms with Gasteiger partial charge in [-0.1, -0.05) is 6.92 Å². The van der Waals surface area contributed by atoms with Gasteiger partial charge in [-0.25, -0.2) is 8.78 Å². The molecule has 5 atom stereocenters. The maximum atomic E-state index is 15.5. The smallest absolute Gasteiger partial charge is 0.417 e. The largest absolute Gasteiger partial charge is 0.462 e. The van der Waals surface area contributed by atoms with Crippen molar-refractivity contribution in [3.63, 3.8) is 0 Å². The van der Waals surface area contributed by atoms with Crippen molar-refractivity contribution in [3.8, 4) is 12.1 Å². The van der Waals surface area contributed by atoms with Crippen molar-refractivity contribution in [2.75, 3.05) is 50.5 Å². The molecule has 0 saturated carbocycles. The molecule has 0 spiro atoms. The van der Waals surface area contributed by atoms with Gasteiger partial charge < -0.3 is 20.7 Å². The van der Waals surface area contributed by atoms with Gasteiger partial charge in [-0.2, -0.15) is 28.4 Å². The number of nitriles is 1. The number of anilines is 2. The minimum absolute atomic E-state index is 0.0366. The number of nitrogens with one attached hydrogen (secondary N) is 1. The Balaban J connectivity index is 1.55. The normalized spacial score (nSPS) is 26.6. The molecule has 5 rings (SSSR count). The fourth-order valence-electron chi connectivity index (χ4n) is 6.67. The summed E-state index contributed by atoms with van der Waals surface area (Å²) in [4.78, 5) is 13.3. The highest BCUT2D eigenvalue weighted by atomic mass is 19.4. The summed E-state index contributed by atoms with van der Waals surface area (Å²) in [6.45, 7) is 5.27. The summed E-state index contributed by atoms with van der Waals surface area (Å²) in [6.07, 6.45) is -4.74. The number of aryl methyl sites for hydroxylation is 1.